The van der Waals surface area contributed by atoms with E-state index in [0.29, 0.717) is 0 Å². The van der Waals surface area contributed by atoms with Gasteiger partial charge < -0.3 is 4.84 Å². The summed E-state index contributed by atoms with van der Waals surface area (Å²) in [5.74, 6) is -3.43. The van der Waals surface area contributed by atoms with Crippen LogP contribution in [0.5, 0.6) is 0 Å². The fraction of sp³-hybridized carbons (Fsp3) is 0.778. The molecule has 28 heavy (non-hydrogen) atoms. The molecule has 0 bridgehead atoms. The summed E-state index contributed by atoms with van der Waals surface area (Å²) in [5, 5.41) is -1.90. The van der Waals surface area contributed by atoms with E-state index < -0.39 is 39.6 Å². The van der Waals surface area contributed by atoms with E-state index in [2.05, 4.69) is 4.84 Å². The molecule has 1 atom stereocenters. The Balaban J connectivity index is 1.83. The average molecular weight is 417 g/mol. The minimum absolute atomic E-state index is 0.0348. The second-order valence-electron chi connectivity index (χ2n) is 7.41. The molecule has 1 N–H and O–H groups in total. The van der Waals surface area contributed by atoms with Gasteiger partial charge >= 0.3 is 5.97 Å². The summed E-state index contributed by atoms with van der Waals surface area (Å²) in [6.07, 6.45) is 8.20. The van der Waals surface area contributed by atoms with Crippen LogP contribution in [0, 0.1) is 5.92 Å². The Morgan fingerprint density at radius 1 is 0.964 bits per heavy atom. The molecule has 2 rings (SSSR count). The van der Waals surface area contributed by atoms with Crippen LogP contribution in [0.1, 0.15) is 77.0 Å². The summed E-state index contributed by atoms with van der Waals surface area (Å²) < 4.78 is 31.1. The predicted molar refractivity (Wildman–Crippen MR) is 97.2 cm³/mol. The van der Waals surface area contributed by atoms with E-state index in [0.717, 1.165) is 38.5 Å². The zero-order chi connectivity index (χ0) is 20.7. The number of carbonyl (C=O) groups is 4. The summed E-state index contributed by atoms with van der Waals surface area (Å²) in [4.78, 5) is 52.5. The first kappa shape index (κ1) is 22.5. The van der Waals surface area contributed by atoms with Gasteiger partial charge in [-0.05, 0) is 12.8 Å². The molecule has 0 radical (unpaired) electrons. The molecule has 2 aliphatic rings. The van der Waals surface area contributed by atoms with Crippen molar-refractivity contribution in [1.82, 2.24) is 5.06 Å². The average Bonchev–Trinajstić information content (AvgIpc) is 2.92. The van der Waals surface area contributed by atoms with Gasteiger partial charge in [-0.3, -0.25) is 18.9 Å². The number of rotatable bonds is 6. The zero-order valence-corrected chi connectivity index (χ0v) is 16.6. The van der Waals surface area contributed by atoms with Gasteiger partial charge in [-0.1, -0.05) is 44.9 Å². The second kappa shape index (κ2) is 10.1. The van der Waals surface area contributed by atoms with Crippen molar-refractivity contribution in [1.29, 1.82) is 0 Å². The van der Waals surface area contributed by atoms with Crippen molar-refractivity contribution in [3.05, 3.63) is 0 Å². The minimum Gasteiger partial charge on any atom is -0.330 e. The summed E-state index contributed by atoms with van der Waals surface area (Å²) in [6, 6.07) is 0. The molecule has 1 unspecified atom stereocenters. The molecule has 158 valence electrons. The second-order valence-corrected chi connectivity index (χ2v) is 9.01. The maximum atomic E-state index is 12.4. The van der Waals surface area contributed by atoms with Gasteiger partial charge in [0.1, 0.15) is 5.78 Å². The fourth-order valence-corrected chi connectivity index (χ4v) is 4.32. The topological polar surface area (TPSA) is 135 Å². The standard InChI is InChI=1S/C18H27NO8S/c20-14(13-8-6-4-2-1-3-5-7-9-13)10-11-17(22)27-19-16(21)12-15(18(19)23)28(24,25)26/h13,15H,1-12H2,(H,24,25,26). The van der Waals surface area contributed by atoms with Crippen molar-refractivity contribution in [3.63, 3.8) is 0 Å². The van der Waals surface area contributed by atoms with Gasteiger partial charge in [0.2, 0.25) is 0 Å². The van der Waals surface area contributed by atoms with E-state index >= 15 is 0 Å². The number of Topliss-reactive ketones (excluding diaryl/α,β-unsaturated/α-hetero) is 1. The number of amides is 2. The Morgan fingerprint density at radius 2 is 1.50 bits per heavy atom. The lowest BCUT2D eigenvalue weighted by Gasteiger charge is -2.17. The van der Waals surface area contributed by atoms with E-state index in [4.69, 9.17) is 4.55 Å². The van der Waals surface area contributed by atoms with Gasteiger partial charge in [0.25, 0.3) is 21.9 Å². The molecule has 1 saturated carbocycles. The molecule has 1 aliphatic carbocycles. The Bertz CT molecular complexity index is 707. The SMILES string of the molecule is O=C(CCC(=O)C1CCCCCCCCC1)ON1C(=O)CC(S(=O)(=O)O)C1=O. The molecule has 1 saturated heterocycles. The van der Waals surface area contributed by atoms with E-state index in [-0.39, 0.29) is 29.6 Å². The van der Waals surface area contributed by atoms with Crippen LogP contribution in [0.15, 0.2) is 0 Å². The maximum Gasteiger partial charge on any atom is 0.333 e. The lowest BCUT2D eigenvalue weighted by molar-refractivity contribution is -0.197. The van der Waals surface area contributed by atoms with Crippen molar-refractivity contribution in [2.75, 3.05) is 0 Å². The Hall–Kier alpha value is -1.81. The summed E-state index contributed by atoms with van der Waals surface area (Å²) in [5.41, 5.74) is 0. The van der Waals surface area contributed by atoms with Crippen molar-refractivity contribution < 1.29 is 37.0 Å². The third-order valence-electron chi connectivity index (χ3n) is 5.25. The third kappa shape index (κ3) is 6.37. The number of imide groups is 1. The predicted octanol–water partition coefficient (Wildman–Crippen LogP) is 1.95. The molecule has 9 nitrogen and oxygen atoms in total. The Morgan fingerprint density at radius 3 is 2.00 bits per heavy atom. The zero-order valence-electron chi connectivity index (χ0n) is 15.8. The highest BCUT2D eigenvalue weighted by Crippen LogP contribution is 2.24. The van der Waals surface area contributed by atoms with Crippen LogP contribution in [0.3, 0.4) is 0 Å². The van der Waals surface area contributed by atoms with Crippen molar-refractivity contribution >= 4 is 33.7 Å². The first-order chi connectivity index (χ1) is 13.2. The third-order valence-corrected chi connectivity index (χ3v) is 6.34. The molecule has 0 aromatic carbocycles. The molecular formula is C18H27NO8S. The maximum absolute atomic E-state index is 12.4. The van der Waals surface area contributed by atoms with E-state index in [1.165, 1.54) is 19.3 Å². The largest absolute Gasteiger partial charge is 0.333 e. The summed E-state index contributed by atoms with van der Waals surface area (Å²) in [7, 11) is -4.76. The molecule has 0 aromatic rings. The molecule has 2 fully saturated rings. The van der Waals surface area contributed by atoms with Crippen LogP contribution in [0.2, 0.25) is 0 Å². The lowest BCUT2D eigenvalue weighted by Crippen LogP contribution is -2.36. The first-order valence-electron chi connectivity index (χ1n) is 9.76. The molecular weight excluding hydrogens is 390 g/mol. The molecule has 0 aromatic heterocycles. The highest BCUT2D eigenvalue weighted by Gasteiger charge is 2.48. The van der Waals surface area contributed by atoms with Crippen LogP contribution in [-0.2, 0) is 34.1 Å². The number of hydrogen-bond donors (Lipinski definition) is 1. The first-order valence-corrected chi connectivity index (χ1v) is 11.3. The molecule has 0 spiro atoms. The summed E-state index contributed by atoms with van der Waals surface area (Å²) in [6.45, 7) is 0. The van der Waals surface area contributed by atoms with E-state index in [1.54, 1.807) is 0 Å². The van der Waals surface area contributed by atoms with E-state index in [9.17, 15) is 27.6 Å². The fourth-order valence-electron chi connectivity index (χ4n) is 3.62. The lowest BCUT2D eigenvalue weighted by atomic mass is 9.87. The minimum atomic E-state index is -4.76. The highest BCUT2D eigenvalue weighted by atomic mass is 32.2. The quantitative estimate of drug-likeness (QED) is 0.512. The number of carbonyl (C=O) groups excluding carboxylic acids is 4. The van der Waals surface area contributed by atoms with Crippen LogP contribution in [0.4, 0.5) is 0 Å². The molecule has 2 amide bonds. The van der Waals surface area contributed by atoms with Gasteiger partial charge in [0.05, 0.1) is 12.8 Å². The summed E-state index contributed by atoms with van der Waals surface area (Å²) >= 11 is 0. The van der Waals surface area contributed by atoms with Gasteiger partial charge in [-0.2, -0.15) is 8.42 Å². The van der Waals surface area contributed by atoms with Crippen molar-refractivity contribution in [2.45, 2.75) is 82.3 Å². The van der Waals surface area contributed by atoms with Crippen LogP contribution < -0.4 is 0 Å². The number of nitrogens with zero attached hydrogens (tertiary/aromatic N) is 1. The number of ketones is 1. The van der Waals surface area contributed by atoms with Crippen LogP contribution in [0.25, 0.3) is 0 Å². The molecule has 1 aliphatic heterocycles. The smallest absolute Gasteiger partial charge is 0.330 e. The van der Waals surface area contributed by atoms with Gasteiger partial charge in [0, 0.05) is 12.3 Å². The van der Waals surface area contributed by atoms with Gasteiger partial charge in [0.15, 0.2) is 5.25 Å². The highest BCUT2D eigenvalue weighted by molar-refractivity contribution is 7.87. The van der Waals surface area contributed by atoms with Gasteiger partial charge in [-0.15, -0.1) is 5.06 Å². The Kier molecular flexibility index (Phi) is 8.11. The van der Waals surface area contributed by atoms with E-state index in [1.807, 2.05) is 0 Å². The molecule has 1 heterocycles. The normalized spacial score (nSPS) is 22.9. The number of hydrogen-bond acceptors (Lipinski definition) is 7. The number of hydroxylamine groups is 2. The monoisotopic (exact) mass is 417 g/mol. The molecule has 10 heteroatoms. The van der Waals surface area contributed by atoms with Crippen molar-refractivity contribution in [3.8, 4) is 0 Å². The Labute approximate surface area is 164 Å². The van der Waals surface area contributed by atoms with Crippen LogP contribution in [-0.4, -0.2) is 46.9 Å². The van der Waals surface area contributed by atoms with Crippen molar-refractivity contribution in [2.24, 2.45) is 5.92 Å². The van der Waals surface area contributed by atoms with Gasteiger partial charge in [-0.25, -0.2) is 4.79 Å². The van der Waals surface area contributed by atoms with Crippen LogP contribution >= 0.6 is 0 Å².